The molecule has 32 heavy (non-hydrogen) atoms. The first kappa shape index (κ1) is 22.3. The van der Waals surface area contributed by atoms with Gasteiger partial charge in [-0.05, 0) is 77.0 Å². The number of benzene rings is 2. The molecule has 1 fully saturated rings. The van der Waals surface area contributed by atoms with Crippen LogP contribution in [0.3, 0.4) is 0 Å². The maximum absolute atomic E-state index is 12.7. The predicted molar refractivity (Wildman–Crippen MR) is 125 cm³/mol. The van der Waals surface area contributed by atoms with Crippen LogP contribution in [0.2, 0.25) is 0 Å². The summed E-state index contributed by atoms with van der Waals surface area (Å²) in [7, 11) is 0. The number of fused-ring (bicyclic) bond motifs is 1. The smallest absolute Gasteiger partial charge is 0.338 e. The molecule has 0 aromatic heterocycles. The van der Waals surface area contributed by atoms with Crippen LogP contribution in [0.5, 0.6) is 5.75 Å². The van der Waals surface area contributed by atoms with Gasteiger partial charge in [-0.1, -0.05) is 58.5 Å². The molecule has 0 saturated heterocycles. The molecule has 1 saturated carbocycles. The Morgan fingerprint density at radius 3 is 2.31 bits per heavy atom. The summed E-state index contributed by atoms with van der Waals surface area (Å²) >= 11 is 0. The Hall–Kier alpha value is -2.88. The van der Waals surface area contributed by atoms with Gasteiger partial charge >= 0.3 is 11.9 Å². The fourth-order valence-electron chi connectivity index (χ4n) is 4.73. The average molecular weight is 433 g/mol. The Balaban J connectivity index is 1.42. The van der Waals surface area contributed by atoms with E-state index < -0.39 is 5.97 Å². The topological polar surface area (TPSA) is 52.6 Å². The van der Waals surface area contributed by atoms with Crippen LogP contribution in [0.4, 0.5) is 0 Å². The second-order valence-corrected chi connectivity index (χ2v) is 10.4. The fraction of sp³-hybridized carbons (Fsp3) is 0.429. The first-order chi connectivity index (χ1) is 15.1. The van der Waals surface area contributed by atoms with Crippen molar-refractivity contribution in [3.63, 3.8) is 0 Å². The highest BCUT2D eigenvalue weighted by molar-refractivity contribution is 5.89. The van der Waals surface area contributed by atoms with Crippen molar-refractivity contribution in [3.8, 4) is 5.75 Å². The Morgan fingerprint density at radius 2 is 1.66 bits per heavy atom. The lowest BCUT2D eigenvalue weighted by Gasteiger charge is -2.42. The molecule has 0 heterocycles. The quantitative estimate of drug-likeness (QED) is 0.315. The van der Waals surface area contributed by atoms with Crippen LogP contribution in [-0.2, 0) is 20.4 Å². The molecule has 0 N–H and O–H groups in total. The van der Waals surface area contributed by atoms with E-state index in [0.717, 1.165) is 6.42 Å². The summed E-state index contributed by atoms with van der Waals surface area (Å²) in [5, 5.41) is 0. The van der Waals surface area contributed by atoms with Gasteiger partial charge in [0, 0.05) is 0 Å². The summed E-state index contributed by atoms with van der Waals surface area (Å²) in [5.41, 5.74) is 4.84. The van der Waals surface area contributed by atoms with Crippen LogP contribution in [0, 0.1) is 5.92 Å². The minimum Gasteiger partial charge on any atom is -0.458 e. The lowest BCUT2D eigenvalue weighted by molar-refractivity contribution is -0.135. The number of esters is 2. The number of carbonyl (C=O) groups is 2. The van der Waals surface area contributed by atoms with Crippen LogP contribution in [0.1, 0.15) is 79.9 Å². The molecule has 0 amide bonds. The SMILES string of the molecule is C=CCOC(=O)c1ccc(OC(=O)C2CC2c2ccc3c(c2)C(C)(C)CCC3(C)C)cc1. The van der Waals surface area contributed by atoms with Crippen molar-refractivity contribution < 1.29 is 19.1 Å². The highest BCUT2D eigenvalue weighted by Crippen LogP contribution is 2.51. The molecule has 0 bridgehead atoms. The maximum Gasteiger partial charge on any atom is 0.338 e. The molecule has 2 aromatic rings. The normalized spacial score (nSPS) is 22.4. The van der Waals surface area contributed by atoms with Gasteiger partial charge in [-0.15, -0.1) is 0 Å². The van der Waals surface area contributed by atoms with Gasteiger partial charge in [0.15, 0.2) is 0 Å². The van der Waals surface area contributed by atoms with E-state index in [-0.39, 0.29) is 35.2 Å². The van der Waals surface area contributed by atoms with Crippen LogP contribution < -0.4 is 4.74 Å². The molecule has 168 valence electrons. The highest BCUT2D eigenvalue weighted by atomic mass is 16.5. The maximum atomic E-state index is 12.7. The molecule has 4 heteroatoms. The second kappa shape index (κ2) is 8.23. The number of ether oxygens (including phenoxy) is 2. The van der Waals surface area contributed by atoms with Crippen LogP contribution >= 0.6 is 0 Å². The number of rotatable bonds is 6. The Kier molecular flexibility index (Phi) is 5.74. The minimum atomic E-state index is -0.427. The molecule has 2 unspecified atom stereocenters. The Morgan fingerprint density at radius 1 is 1.00 bits per heavy atom. The van der Waals surface area contributed by atoms with Gasteiger partial charge in [0.25, 0.3) is 0 Å². The van der Waals surface area contributed by atoms with Gasteiger partial charge < -0.3 is 9.47 Å². The molecular weight excluding hydrogens is 400 g/mol. The standard InChI is InChI=1S/C28H32O4/c1-6-15-31-25(29)18-7-10-20(11-8-18)32-26(30)22-17-21(22)19-9-12-23-24(16-19)28(4,5)14-13-27(23,2)3/h6-12,16,21-22H,1,13-15,17H2,2-5H3. The van der Waals surface area contributed by atoms with Crippen molar-refractivity contribution in [3.05, 3.63) is 77.4 Å². The van der Waals surface area contributed by atoms with E-state index in [0.29, 0.717) is 11.3 Å². The number of hydrogen-bond acceptors (Lipinski definition) is 4. The van der Waals surface area contributed by atoms with Gasteiger partial charge in [-0.2, -0.15) is 0 Å². The van der Waals surface area contributed by atoms with E-state index in [9.17, 15) is 9.59 Å². The lowest BCUT2D eigenvalue weighted by Crippen LogP contribution is -2.33. The molecule has 4 nitrogen and oxygen atoms in total. The lowest BCUT2D eigenvalue weighted by atomic mass is 9.63. The molecule has 4 rings (SSSR count). The third-order valence-electron chi connectivity index (χ3n) is 7.04. The summed E-state index contributed by atoms with van der Waals surface area (Å²) in [6.45, 7) is 13.0. The first-order valence-electron chi connectivity index (χ1n) is 11.4. The van der Waals surface area contributed by atoms with Gasteiger partial charge in [-0.25, -0.2) is 4.79 Å². The van der Waals surface area contributed by atoms with Crippen molar-refractivity contribution >= 4 is 11.9 Å². The van der Waals surface area contributed by atoms with Crippen molar-refractivity contribution in [2.75, 3.05) is 6.61 Å². The summed E-state index contributed by atoms with van der Waals surface area (Å²) in [4.78, 5) is 24.6. The van der Waals surface area contributed by atoms with E-state index in [1.54, 1.807) is 24.3 Å². The molecule has 2 aliphatic rings. The van der Waals surface area contributed by atoms with Crippen LogP contribution in [0.25, 0.3) is 0 Å². The molecule has 0 radical (unpaired) electrons. The summed E-state index contributed by atoms with van der Waals surface area (Å²) in [5.74, 6) is -0.112. The second-order valence-electron chi connectivity index (χ2n) is 10.4. The zero-order chi connectivity index (χ0) is 23.1. The minimum absolute atomic E-state index is 0.120. The molecule has 2 atom stereocenters. The average Bonchev–Trinajstić information content (AvgIpc) is 3.57. The van der Waals surface area contributed by atoms with E-state index in [1.807, 2.05) is 0 Å². The highest BCUT2D eigenvalue weighted by Gasteiger charge is 2.46. The van der Waals surface area contributed by atoms with Crippen LogP contribution in [-0.4, -0.2) is 18.5 Å². The van der Waals surface area contributed by atoms with Gasteiger partial charge in [0.2, 0.25) is 0 Å². The van der Waals surface area contributed by atoms with Crippen LogP contribution in [0.15, 0.2) is 55.1 Å². The van der Waals surface area contributed by atoms with Gasteiger partial charge in [0.1, 0.15) is 12.4 Å². The van der Waals surface area contributed by atoms with Crippen molar-refractivity contribution in [1.29, 1.82) is 0 Å². The fourth-order valence-corrected chi connectivity index (χ4v) is 4.73. The monoisotopic (exact) mass is 432 g/mol. The van der Waals surface area contributed by atoms with E-state index in [4.69, 9.17) is 9.47 Å². The summed E-state index contributed by atoms with van der Waals surface area (Å²) in [6.07, 6.45) is 4.69. The zero-order valence-corrected chi connectivity index (χ0v) is 19.4. The number of hydrogen-bond donors (Lipinski definition) is 0. The zero-order valence-electron chi connectivity index (χ0n) is 19.4. The van der Waals surface area contributed by atoms with E-state index >= 15 is 0 Å². The van der Waals surface area contributed by atoms with E-state index in [2.05, 4.69) is 52.5 Å². The molecule has 2 aliphatic carbocycles. The van der Waals surface area contributed by atoms with E-state index in [1.165, 1.54) is 35.6 Å². The Labute approximate surface area is 190 Å². The largest absolute Gasteiger partial charge is 0.458 e. The van der Waals surface area contributed by atoms with Gasteiger partial charge in [-0.3, -0.25) is 4.79 Å². The predicted octanol–water partition coefficient (Wildman–Crippen LogP) is 6.09. The Bertz CT molecular complexity index is 1050. The first-order valence-corrected chi connectivity index (χ1v) is 11.4. The summed E-state index contributed by atoms with van der Waals surface area (Å²) < 4.78 is 10.6. The third kappa shape index (κ3) is 4.36. The van der Waals surface area contributed by atoms with Crippen molar-refractivity contribution in [2.24, 2.45) is 5.92 Å². The molecule has 0 aliphatic heterocycles. The number of carbonyl (C=O) groups excluding carboxylic acids is 2. The van der Waals surface area contributed by atoms with Crippen molar-refractivity contribution in [2.45, 2.75) is 63.7 Å². The third-order valence-corrected chi connectivity index (χ3v) is 7.04. The molecular formula is C28H32O4. The molecule has 2 aromatic carbocycles. The summed E-state index contributed by atoms with van der Waals surface area (Å²) in [6, 6.07) is 13.3. The van der Waals surface area contributed by atoms with Gasteiger partial charge in [0.05, 0.1) is 11.5 Å². The molecule has 0 spiro atoms. The van der Waals surface area contributed by atoms with Crippen molar-refractivity contribution in [1.82, 2.24) is 0 Å².